The fraction of sp³-hybridized carbons (Fsp3) is 0.516. The largest absolute Gasteiger partial charge is 0.382 e. The zero-order chi connectivity index (χ0) is 39.2. The van der Waals surface area contributed by atoms with Crippen LogP contribution in [-0.2, 0) is 0 Å². The molecule has 0 atom stereocenters. The van der Waals surface area contributed by atoms with Crippen molar-refractivity contribution in [2.24, 2.45) is 21.5 Å². The summed E-state index contributed by atoms with van der Waals surface area (Å²) in [6.45, 7) is 4.15. The molecule has 55 heavy (non-hydrogen) atoms. The van der Waals surface area contributed by atoms with Gasteiger partial charge in [-0.1, -0.05) is 36.0 Å². The number of rotatable bonds is 7. The Bertz CT molecular complexity index is 1830. The Balaban J connectivity index is 1.10. The van der Waals surface area contributed by atoms with Crippen molar-refractivity contribution < 1.29 is 9.59 Å². The number of nitrogen functional groups attached to an aromatic ring is 4. The molecule has 3 aromatic heterocycles. The van der Waals surface area contributed by atoms with Gasteiger partial charge in [0.05, 0.1) is 12.1 Å². The van der Waals surface area contributed by atoms with E-state index in [0.29, 0.717) is 69.7 Å². The van der Waals surface area contributed by atoms with Crippen LogP contribution in [0.2, 0.25) is 10.3 Å². The van der Waals surface area contributed by atoms with E-state index in [1.807, 2.05) is 0 Å². The molecule has 6 rings (SSSR count). The zero-order valence-electron chi connectivity index (χ0n) is 30.0. The number of aliphatic imine (C=N–C) groups is 2. The molecule has 3 aliphatic heterocycles. The maximum absolute atomic E-state index is 12.7. The summed E-state index contributed by atoms with van der Waals surface area (Å²) in [6, 6.07) is -0.319. The number of nitrogens with zero attached hydrogens (tertiary/aromatic N) is 12. The molecule has 3 fully saturated rings. The van der Waals surface area contributed by atoms with Crippen LogP contribution in [0.15, 0.2) is 9.98 Å². The van der Waals surface area contributed by atoms with Gasteiger partial charge in [-0.15, -0.1) is 0 Å². The van der Waals surface area contributed by atoms with Gasteiger partial charge < -0.3 is 49.1 Å². The molecule has 3 aliphatic rings. The number of guanidine groups is 2. The number of aromatic nitrogens is 7. The lowest BCUT2D eigenvalue weighted by Crippen LogP contribution is -2.42. The number of anilines is 7. The van der Waals surface area contributed by atoms with Crippen molar-refractivity contribution in [2.45, 2.75) is 63.5 Å². The fourth-order valence-corrected chi connectivity index (χ4v) is 6.71. The maximum atomic E-state index is 12.7. The van der Waals surface area contributed by atoms with Crippen molar-refractivity contribution in [2.75, 3.05) is 76.9 Å². The molecule has 0 aromatic carbocycles. The number of nitrogens with two attached hydrogens (primary N) is 6. The molecule has 0 bridgehead atoms. The van der Waals surface area contributed by atoms with Crippen molar-refractivity contribution in [3.63, 3.8) is 0 Å². The van der Waals surface area contributed by atoms with E-state index in [4.69, 9.17) is 72.6 Å². The van der Waals surface area contributed by atoms with Crippen LogP contribution >= 0.6 is 23.2 Å². The van der Waals surface area contributed by atoms with Gasteiger partial charge in [0.25, 0.3) is 11.8 Å². The number of carbonyl (C=O) groups excluding carboxylic acids is 2. The van der Waals surface area contributed by atoms with Crippen LogP contribution in [0.4, 0.5) is 41.1 Å². The number of hydrogen-bond acceptors (Lipinski definition) is 18. The number of nitrogens with one attached hydrogen (secondary N) is 2. The first kappa shape index (κ1) is 38.9. The van der Waals surface area contributed by atoms with E-state index in [9.17, 15) is 9.59 Å². The van der Waals surface area contributed by atoms with Crippen LogP contribution in [0.3, 0.4) is 0 Å². The monoisotopic (exact) mass is 798 g/mol. The maximum Gasteiger partial charge on any atom is 0.280 e. The van der Waals surface area contributed by atoms with Crippen molar-refractivity contribution in [3.05, 3.63) is 21.7 Å². The highest BCUT2D eigenvalue weighted by atomic mass is 35.5. The smallest absolute Gasteiger partial charge is 0.280 e. The van der Waals surface area contributed by atoms with Crippen molar-refractivity contribution in [1.82, 2.24) is 45.5 Å². The van der Waals surface area contributed by atoms with E-state index < -0.39 is 11.8 Å². The van der Waals surface area contributed by atoms with Gasteiger partial charge in [-0.25, -0.2) is 29.9 Å². The SMILES string of the molecule is NC(=NC1CCN(c2nc(N3CCCCCC3)nc(N3CCC(N=C(N)NC(=O)c4nc(Cl)c(N)nc4N)CC3)n2)CC1)NC(=O)c1nc(Cl)c(N)nc1N. The van der Waals surface area contributed by atoms with E-state index in [0.717, 1.165) is 25.9 Å². The van der Waals surface area contributed by atoms with E-state index in [2.05, 4.69) is 55.3 Å². The molecular weight excluding hydrogens is 755 g/mol. The van der Waals surface area contributed by atoms with Gasteiger partial charge in [0.15, 0.2) is 56.9 Å². The second-order valence-corrected chi connectivity index (χ2v) is 14.0. The number of hydrogen-bond donors (Lipinski definition) is 8. The average molecular weight is 800 g/mol. The summed E-state index contributed by atoms with van der Waals surface area (Å²) in [6.07, 6.45) is 7.01. The molecule has 0 spiro atoms. The normalized spacial score (nSPS) is 17.9. The predicted octanol–water partition coefficient (Wildman–Crippen LogP) is -0.105. The van der Waals surface area contributed by atoms with Crippen LogP contribution in [0.25, 0.3) is 0 Å². The summed E-state index contributed by atoms with van der Waals surface area (Å²) < 4.78 is 0. The summed E-state index contributed by atoms with van der Waals surface area (Å²) in [5, 5.41) is 4.71. The van der Waals surface area contributed by atoms with Gasteiger partial charge in [0.2, 0.25) is 17.8 Å². The molecule has 6 heterocycles. The Morgan fingerprint density at radius 1 is 0.527 bits per heavy atom. The third kappa shape index (κ3) is 9.67. The Morgan fingerprint density at radius 2 is 0.873 bits per heavy atom. The summed E-state index contributed by atoms with van der Waals surface area (Å²) >= 11 is 11.8. The number of amides is 2. The van der Waals surface area contributed by atoms with Gasteiger partial charge in [-0.05, 0) is 38.5 Å². The predicted molar refractivity (Wildman–Crippen MR) is 211 cm³/mol. The first-order valence-electron chi connectivity index (χ1n) is 17.8. The van der Waals surface area contributed by atoms with Crippen molar-refractivity contribution in [3.8, 4) is 0 Å². The molecule has 3 saturated heterocycles. The summed E-state index contributed by atoms with van der Waals surface area (Å²) in [5.41, 5.74) is 34.6. The van der Waals surface area contributed by atoms with E-state index >= 15 is 0 Å². The number of carbonyl (C=O) groups is 2. The molecule has 22 nitrogen and oxygen atoms in total. The molecule has 0 radical (unpaired) electrons. The topological polar surface area (TPSA) is 339 Å². The molecular formula is C31H44Cl2N20O2. The van der Waals surface area contributed by atoms with Crippen LogP contribution in [0.5, 0.6) is 0 Å². The van der Waals surface area contributed by atoms with Crippen LogP contribution in [0, 0.1) is 0 Å². The second kappa shape index (κ2) is 17.1. The lowest BCUT2D eigenvalue weighted by atomic mass is 10.1. The molecule has 14 N–H and O–H groups in total. The van der Waals surface area contributed by atoms with E-state index in [1.165, 1.54) is 12.8 Å². The molecule has 24 heteroatoms. The number of halogens is 2. The standard InChI is InChI=1S/C31H44Cl2N20O2/c32-19-23(36)44-21(34)17(42-19)25(54)46-27(38)40-15-5-11-52(12-6-15)30-48-29(51-9-3-1-2-4-10-51)49-31(50-30)53-13-7-16(8-14-53)41-28(39)47-26(55)18-22(35)45-24(37)20(33)43-18/h15-16H,1-14H2,(H4,34,36,44)(H4,35,37,45)(H3,38,40,46,54)(H3,39,41,47,55). The zero-order valence-corrected chi connectivity index (χ0v) is 31.5. The van der Waals surface area contributed by atoms with Gasteiger partial charge in [0, 0.05) is 39.3 Å². The quantitative estimate of drug-likeness (QED) is 0.114. The Labute approximate surface area is 326 Å². The highest BCUT2D eigenvalue weighted by molar-refractivity contribution is 6.32. The highest BCUT2D eigenvalue weighted by Gasteiger charge is 2.28. The van der Waals surface area contributed by atoms with Gasteiger partial charge >= 0.3 is 0 Å². The third-order valence-electron chi connectivity index (χ3n) is 9.35. The third-order valence-corrected chi connectivity index (χ3v) is 9.91. The van der Waals surface area contributed by atoms with Gasteiger partial charge in [-0.2, -0.15) is 15.0 Å². The van der Waals surface area contributed by atoms with Gasteiger partial charge in [0.1, 0.15) is 0 Å². The van der Waals surface area contributed by atoms with Crippen LogP contribution in [-0.4, -0.2) is 110 Å². The minimum Gasteiger partial charge on any atom is -0.382 e. The molecule has 0 unspecified atom stereocenters. The van der Waals surface area contributed by atoms with Gasteiger partial charge in [-0.3, -0.25) is 20.2 Å². The first-order chi connectivity index (χ1) is 26.3. The van der Waals surface area contributed by atoms with Crippen molar-refractivity contribution >= 4 is 88.1 Å². The summed E-state index contributed by atoms with van der Waals surface area (Å²) in [5.74, 6) is -0.257. The summed E-state index contributed by atoms with van der Waals surface area (Å²) in [7, 11) is 0. The minimum absolute atomic E-state index is 0.0777. The van der Waals surface area contributed by atoms with E-state index in [1.54, 1.807) is 0 Å². The first-order valence-corrected chi connectivity index (χ1v) is 18.6. The Kier molecular flexibility index (Phi) is 12.1. The van der Waals surface area contributed by atoms with Crippen LogP contribution in [0.1, 0.15) is 72.3 Å². The molecule has 2 amide bonds. The molecule has 294 valence electrons. The minimum atomic E-state index is -0.698. The Hall–Kier alpha value is -5.77. The summed E-state index contributed by atoms with van der Waals surface area (Å²) in [4.78, 5) is 71.2. The lowest BCUT2D eigenvalue weighted by molar-refractivity contribution is 0.0963. The molecule has 0 aliphatic carbocycles. The number of piperidine rings is 2. The Morgan fingerprint density at radius 3 is 1.24 bits per heavy atom. The van der Waals surface area contributed by atoms with Crippen molar-refractivity contribution in [1.29, 1.82) is 0 Å². The van der Waals surface area contributed by atoms with Crippen LogP contribution < -0.4 is 59.7 Å². The highest BCUT2D eigenvalue weighted by Crippen LogP contribution is 2.27. The molecule has 0 saturated carbocycles. The molecule has 3 aromatic rings. The second-order valence-electron chi connectivity index (χ2n) is 13.3. The van der Waals surface area contributed by atoms with E-state index in [-0.39, 0.29) is 69.0 Å². The lowest BCUT2D eigenvalue weighted by Gasteiger charge is -2.34. The fourth-order valence-electron chi connectivity index (χ4n) is 6.45. The average Bonchev–Trinajstić information content (AvgIpc) is 3.45.